The van der Waals surface area contributed by atoms with Gasteiger partial charge < -0.3 is 24.8 Å². The monoisotopic (exact) mass is 529 g/mol. The molecule has 1 saturated heterocycles. The first kappa shape index (κ1) is 26.5. The van der Waals surface area contributed by atoms with E-state index in [-0.39, 0.29) is 11.2 Å². The number of fused-ring (bicyclic) bond motifs is 1. The standard InChI is InChI=1S/C28H35N9O2/c1-28(2,37-13-11-35(4)12-14-37)18-7-9-19(10-8-18)32-26-24(27(38)39-6)33-23(25(29-3)34-26)20-15-30-16-21-22(20)31-17-36(21)5/h7-10,15-17H,11-14H2,1-6H3,(H2,29,32,34). The average molecular weight is 530 g/mol. The molecule has 0 radical (unpaired) electrons. The molecule has 204 valence electrons. The predicted octanol–water partition coefficient (Wildman–Crippen LogP) is 3.48. The fourth-order valence-corrected chi connectivity index (χ4v) is 4.99. The Hall–Kier alpha value is -4.09. The minimum atomic E-state index is -0.595. The molecule has 11 nitrogen and oxygen atoms in total. The summed E-state index contributed by atoms with van der Waals surface area (Å²) in [6.45, 7) is 8.71. The summed E-state index contributed by atoms with van der Waals surface area (Å²) in [6.07, 6.45) is 5.13. The maximum atomic E-state index is 12.8. The Morgan fingerprint density at radius 1 is 1.00 bits per heavy atom. The van der Waals surface area contributed by atoms with E-state index in [1.807, 2.05) is 23.7 Å². The van der Waals surface area contributed by atoms with E-state index >= 15 is 0 Å². The van der Waals surface area contributed by atoms with Crippen LogP contribution in [0.2, 0.25) is 0 Å². The van der Waals surface area contributed by atoms with Crippen molar-refractivity contribution in [2.75, 3.05) is 58.0 Å². The number of pyridine rings is 1. The Kier molecular flexibility index (Phi) is 7.19. The zero-order valence-electron chi connectivity index (χ0n) is 23.3. The van der Waals surface area contributed by atoms with Gasteiger partial charge >= 0.3 is 5.97 Å². The Labute approximate surface area is 228 Å². The van der Waals surface area contributed by atoms with Gasteiger partial charge in [0.1, 0.15) is 11.2 Å². The lowest BCUT2D eigenvalue weighted by molar-refractivity contribution is 0.0594. The van der Waals surface area contributed by atoms with Crippen molar-refractivity contribution < 1.29 is 9.53 Å². The Morgan fingerprint density at radius 3 is 2.38 bits per heavy atom. The van der Waals surface area contributed by atoms with Crippen molar-refractivity contribution in [3.05, 3.63) is 54.2 Å². The van der Waals surface area contributed by atoms with Gasteiger partial charge in [0.05, 0.1) is 30.7 Å². The summed E-state index contributed by atoms with van der Waals surface area (Å²) in [5.41, 5.74) is 4.67. The number of rotatable bonds is 7. The van der Waals surface area contributed by atoms with Crippen LogP contribution in [0.5, 0.6) is 0 Å². The quantitative estimate of drug-likeness (QED) is 0.345. The lowest BCUT2D eigenvalue weighted by atomic mass is 9.91. The largest absolute Gasteiger partial charge is 0.464 e. The van der Waals surface area contributed by atoms with Crippen LogP contribution in [-0.4, -0.2) is 87.7 Å². The second-order valence-electron chi connectivity index (χ2n) is 10.3. The van der Waals surface area contributed by atoms with Crippen LogP contribution in [0.15, 0.2) is 43.0 Å². The average Bonchev–Trinajstić information content (AvgIpc) is 3.33. The van der Waals surface area contributed by atoms with Crippen molar-refractivity contribution >= 4 is 34.3 Å². The summed E-state index contributed by atoms with van der Waals surface area (Å²) in [4.78, 5) is 36.0. The number of aryl methyl sites for hydroxylation is 1. The molecular weight excluding hydrogens is 494 g/mol. The number of benzene rings is 1. The number of piperazine rings is 1. The predicted molar refractivity (Wildman–Crippen MR) is 152 cm³/mol. The molecule has 1 aromatic carbocycles. The number of nitrogens with one attached hydrogen (secondary N) is 2. The molecule has 1 fully saturated rings. The number of ether oxygens (including phenoxy) is 1. The molecule has 4 aromatic rings. The highest BCUT2D eigenvalue weighted by Gasteiger charge is 2.31. The Balaban J connectivity index is 1.48. The van der Waals surface area contributed by atoms with Crippen molar-refractivity contribution in [2.45, 2.75) is 19.4 Å². The number of nitrogens with zero attached hydrogens (tertiary/aromatic N) is 7. The van der Waals surface area contributed by atoms with Gasteiger partial charge in [-0.1, -0.05) is 12.1 Å². The molecule has 0 atom stereocenters. The maximum Gasteiger partial charge on any atom is 0.360 e. The van der Waals surface area contributed by atoms with Gasteiger partial charge in [0, 0.05) is 57.7 Å². The van der Waals surface area contributed by atoms with Crippen LogP contribution in [0.4, 0.5) is 17.3 Å². The van der Waals surface area contributed by atoms with Crippen molar-refractivity contribution in [1.29, 1.82) is 0 Å². The van der Waals surface area contributed by atoms with E-state index in [1.165, 1.54) is 12.7 Å². The minimum Gasteiger partial charge on any atom is -0.464 e. The molecule has 11 heteroatoms. The molecule has 0 amide bonds. The topological polar surface area (TPSA) is 113 Å². The van der Waals surface area contributed by atoms with E-state index in [0.29, 0.717) is 28.4 Å². The highest BCUT2D eigenvalue weighted by atomic mass is 16.5. The highest BCUT2D eigenvalue weighted by Crippen LogP contribution is 2.34. The summed E-state index contributed by atoms with van der Waals surface area (Å²) in [6, 6.07) is 8.24. The van der Waals surface area contributed by atoms with E-state index in [2.05, 4.69) is 63.4 Å². The number of likely N-dealkylation sites (N-methyl/N-ethyl adjacent to an activating group) is 1. The maximum absolute atomic E-state index is 12.8. The van der Waals surface area contributed by atoms with Crippen LogP contribution >= 0.6 is 0 Å². The van der Waals surface area contributed by atoms with Crippen molar-refractivity contribution in [1.82, 2.24) is 34.3 Å². The number of hydrogen-bond donors (Lipinski definition) is 2. The van der Waals surface area contributed by atoms with E-state index in [9.17, 15) is 4.79 Å². The van der Waals surface area contributed by atoms with Crippen molar-refractivity contribution in [3.63, 3.8) is 0 Å². The van der Waals surface area contributed by atoms with Gasteiger partial charge in [0.2, 0.25) is 0 Å². The second-order valence-corrected chi connectivity index (χ2v) is 10.3. The molecule has 4 heterocycles. The van der Waals surface area contributed by atoms with Gasteiger partial charge in [0.15, 0.2) is 17.3 Å². The molecule has 1 aliphatic rings. The molecule has 0 saturated carbocycles. The van der Waals surface area contributed by atoms with Crippen LogP contribution in [0.1, 0.15) is 29.9 Å². The van der Waals surface area contributed by atoms with Gasteiger partial charge in [-0.3, -0.25) is 9.88 Å². The number of methoxy groups -OCH3 is 1. The second kappa shape index (κ2) is 10.6. The first-order valence-corrected chi connectivity index (χ1v) is 13.0. The number of esters is 1. The zero-order valence-corrected chi connectivity index (χ0v) is 23.3. The van der Waals surface area contributed by atoms with Gasteiger partial charge in [-0.15, -0.1) is 0 Å². The number of carbonyl (C=O) groups is 1. The molecule has 0 unspecified atom stereocenters. The van der Waals surface area contributed by atoms with E-state index < -0.39 is 5.97 Å². The Morgan fingerprint density at radius 2 is 1.72 bits per heavy atom. The van der Waals surface area contributed by atoms with Crippen LogP contribution < -0.4 is 10.6 Å². The van der Waals surface area contributed by atoms with Gasteiger partial charge in [0.25, 0.3) is 0 Å². The van der Waals surface area contributed by atoms with Gasteiger partial charge in [-0.25, -0.2) is 19.7 Å². The molecule has 39 heavy (non-hydrogen) atoms. The molecule has 0 bridgehead atoms. The SMILES string of the molecule is CNc1nc(Nc2ccc(C(C)(C)N3CCN(C)CC3)cc2)c(C(=O)OC)nc1-c1cncc2c1ncn2C. The van der Waals surface area contributed by atoms with E-state index in [1.54, 1.807) is 25.8 Å². The fraction of sp³-hybridized carbons (Fsp3) is 0.393. The number of aromatic nitrogens is 5. The molecule has 0 aliphatic carbocycles. The van der Waals surface area contributed by atoms with Crippen LogP contribution in [-0.2, 0) is 17.3 Å². The van der Waals surface area contributed by atoms with E-state index in [0.717, 1.165) is 37.4 Å². The third kappa shape index (κ3) is 5.02. The fourth-order valence-electron chi connectivity index (χ4n) is 4.99. The summed E-state index contributed by atoms with van der Waals surface area (Å²) in [5.74, 6) is 0.183. The molecule has 2 N–H and O–H groups in total. The Bertz CT molecular complexity index is 1490. The zero-order chi connectivity index (χ0) is 27.7. The minimum absolute atomic E-state index is 0.0706. The number of anilines is 3. The van der Waals surface area contributed by atoms with Crippen molar-refractivity contribution in [3.8, 4) is 11.3 Å². The first-order chi connectivity index (χ1) is 18.7. The van der Waals surface area contributed by atoms with Crippen LogP contribution in [0, 0.1) is 0 Å². The third-order valence-corrected chi connectivity index (χ3v) is 7.55. The third-order valence-electron chi connectivity index (χ3n) is 7.55. The van der Waals surface area contributed by atoms with E-state index in [4.69, 9.17) is 14.7 Å². The lowest BCUT2D eigenvalue weighted by Gasteiger charge is -2.43. The van der Waals surface area contributed by atoms with Gasteiger partial charge in [-0.05, 0) is 38.6 Å². The summed E-state index contributed by atoms with van der Waals surface area (Å²) < 4.78 is 6.94. The molecule has 1 aliphatic heterocycles. The lowest BCUT2D eigenvalue weighted by Crippen LogP contribution is -2.52. The highest BCUT2D eigenvalue weighted by molar-refractivity contribution is 5.98. The number of carbonyl (C=O) groups excluding carboxylic acids is 1. The summed E-state index contributed by atoms with van der Waals surface area (Å²) in [7, 11) is 7.15. The molecule has 0 spiro atoms. The van der Waals surface area contributed by atoms with Gasteiger partial charge in [-0.2, -0.15) is 0 Å². The summed E-state index contributed by atoms with van der Waals surface area (Å²) >= 11 is 0. The smallest absolute Gasteiger partial charge is 0.360 e. The number of hydrogen-bond acceptors (Lipinski definition) is 10. The normalized spacial score (nSPS) is 14.9. The molecule has 3 aromatic heterocycles. The number of imidazole rings is 1. The van der Waals surface area contributed by atoms with Crippen molar-refractivity contribution in [2.24, 2.45) is 7.05 Å². The summed E-state index contributed by atoms with van der Waals surface area (Å²) in [5, 5.41) is 6.38. The van der Waals surface area contributed by atoms with Crippen LogP contribution in [0.3, 0.4) is 0 Å². The first-order valence-electron chi connectivity index (χ1n) is 13.0. The molecular formula is C28H35N9O2. The molecule has 5 rings (SSSR count). The van der Waals surface area contributed by atoms with Crippen LogP contribution in [0.25, 0.3) is 22.3 Å².